The van der Waals surface area contributed by atoms with Gasteiger partial charge in [-0.25, -0.2) is 0 Å². The van der Waals surface area contributed by atoms with Crippen LogP contribution < -0.4 is 17.0 Å². The van der Waals surface area contributed by atoms with Gasteiger partial charge < -0.3 is 21.5 Å². The number of hydrogen-bond acceptors (Lipinski definition) is 0. The molecule has 1 nitrogen and oxygen atoms in total. The average Bonchev–Trinajstić information content (AvgIpc) is 2.46. The van der Waals surface area contributed by atoms with E-state index in [1.54, 1.807) is 0 Å². The normalized spacial score (nSPS) is 10.6. The van der Waals surface area contributed by atoms with Gasteiger partial charge in [0.05, 0.1) is 31.5 Å². The predicted molar refractivity (Wildman–Crippen MR) is 95.9 cm³/mol. The predicted octanol–water partition coefficient (Wildman–Crippen LogP) is 3.43. The molecule has 4 heteroatoms. The molecule has 132 valence electrons. The molecule has 0 bridgehead atoms. The van der Waals surface area contributed by atoms with Crippen molar-refractivity contribution in [2.75, 3.05) is 31.5 Å². The molecule has 0 aromatic carbocycles. The molecule has 0 aliphatic heterocycles. The molecule has 21 heavy (non-hydrogen) atoms. The van der Waals surface area contributed by atoms with Crippen molar-refractivity contribution >= 4 is 23.2 Å². The second-order valence-corrected chi connectivity index (χ2v) is 6.56. The van der Waals surface area contributed by atoms with Crippen molar-refractivity contribution in [2.24, 2.45) is 0 Å². The highest BCUT2D eigenvalue weighted by molar-refractivity contribution is 6.40. The monoisotopic (exact) mass is 405 g/mol. The zero-order chi connectivity index (χ0) is 15.7. The number of rotatable bonds is 12. The fourth-order valence-electron chi connectivity index (χ4n) is 2.64. The Balaban J connectivity index is -0.000000740. The van der Waals surface area contributed by atoms with Gasteiger partial charge in [-0.1, -0.05) is 53.4 Å². The van der Waals surface area contributed by atoms with Crippen LogP contribution in [0.2, 0.25) is 0 Å². The van der Waals surface area contributed by atoms with Crippen LogP contribution in [0.3, 0.4) is 0 Å². The van der Waals surface area contributed by atoms with E-state index in [4.69, 9.17) is 23.2 Å². The maximum absolute atomic E-state index is 4.76. The van der Waals surface area contributed by atoms with Crippen LogP contribution in [0.25, 0.3) is 0 Å². The Hall–Kier alpha value is 1.02. The summed E-state index contributed by atoms with van der Waals surface area (Å²) in [7, 11) is 0. The molecule has 0 rings (SSSR count). The highest BCUT2D eigenvalue weighted by atomic mass is 79.9. The van der Waals surface area contributed by atoms with Gasteiger partial charge >= 0.3 is 0 Å². The Labute approximate surface area is 155 Å². The number of halogens is 3. The van der Waals surface area contributed by atoms with Crippen LogP contribution in [0.4, 0.5) is 0 Å². The van der Waals surface area contributed by atoms with E-state index in [0.717, 1.165) is 0 Å². The quantitative estimate of drug-likeness (QED) is 0.344. The summed E-state index contributed by atoms with van der Waals surface area (Å²) in [6.07, 6.45) is 11.1. The van der Waals surface area contributed by atoms with Gasteiger partial charge in [0.1, 0.15) is 0 Å². The van der Waals surface area contributed by atoms with E-state index >= 15 is 0 Å². The van der Waals surface area contributed by atoms with E-state index in [9.17, 15) is 0 Å². The van der Waals surface area contributed by atoms with E-state index in [2.05, 4.69) is 27.7 Å². The van der Waals surface area contributed by atoms with Crippen molar-refractivity contribution < 1.29 is 21.5 Å². The van der Waals surface area contributed by atoms with Gasteiger partial charge in [0.25, 0.3) is 0 Å². The van der Waals surface area contributed by atoms with Gasteiger partial charge in [-0.05, 0) is 25.7 Å². The first-order valence-electron chi connectivity index (χ1n) is 8.63. The number of alkyl halides is 2. The number of quaternary nitrogens is 1. The maximum Gasteiger partial charge on any atom is 0.0967 e. The Morgan fingerprint density at radius 3 is 0.905 bits per heavy atom. The minimum absolute atomic E-state index is 0. The van der Waals surface area contributed by atoms with Gasteiger partial charge in [-0.15, -0.1) is 23.2 Å². The third-order valence-electron chi connectivity index (χ3n) is 3.94. The summed E-state index contributed by atoms with van der Waals surface area (Å²) >= 11 is 9.53. The summed E-state index contributed by atoms with van der Waals surface area (Å²) in [5.74, 6) is 0. The van der Waals surface area contributed by atoms with Crippen LogP contribution in [-0.4, -0.2) is 36.0 Å². The number of hydrogen-bond donors (Lipinski definition) is 0. The van der Waals surface area contributed by atoms with Crippen molar-refractivity contribution in [3.8, 4) is 0 Å². The van der Waals surface area contributed by atoms with Crippen LogP contribution in [-0.2, 0) is 0 Å². The lowest BCUT2D eigenvalue weighted by Crippen LogP contribution is -3.00. The molecule has 0 aromatic rings. The third kappa shape index (κ3) is 17.2. The molecule has 0 atom stereocenters. The van der Waals surface area contributed by atoms with Gasteiger partial charge in [0.2, 0.25) is 0 Å². The lowest BCUT2D eigenvalue weighted by atomic mass is 10.1. The van der Waals surface area contributed by atoms with Crippen LogP contribution in [0.15, 0.2) is 0 Å². The Morgan fingerprint density at radius 1 is 0.571 bits per heavy atom. The SMILES string of the molecule is CCCC[N+](CCCC)(CCCC)CCCC.ClCCl.[Br-]. The smallest absolute Gasteiger partial charge is 0.0967 e. The van der Waals surface area contributed by atoms with E-state index in [0.29, 0.717) is 0 Å². The zero-order valence-corrected chi connectivity index (χ0v) is 17.9. The summed E-state index contributed by atoms with van der Waals surface area (Å²) in [5, 5.41) is 0.194. The molecule has 0 aromatic heterocycles. The largest absolute Gasteiger partial charge is 1.00 e. The molecule has 0 saturated heterocycles. The van der Waals surface area contributed by atoms with Gasteiger partial charge in [-0.3, -0.25) is 0 Å². The van der Waals surface area contributed by atoms with Crippen LogP contribution in [0, 0.1) is 0 Å². The van der Waals surface area contributed by atoms with Crippen LogP contribution >= 0.6 is 23.2 Å². The highest BCUT2D eigenvalue weighted by Gasteiger charge is 2.24. The fraction of sp³-hybridized carbons (Fsp3) is 1.00. The summed E-state index contributed by atoms with van der Waals surface area (Å²) in [6.45, 7) is 15.0. The van der Waals surface area contributed by atoms with E-state index in [1.165, 1.54) is 82.0 Å². The summed E-state index contributed by atoms with van der Waals surface area (Å²) in [4.78, 5) is 0. The first-order chi connectivity index (χ1) is 9.66. The molecule has 0 spiro atoms. The highest BCUT2D eigenvalue weighted by Crippen LogP contribution is 2.16. The Kier molecular flexibility index (Phi) is 26.9. The molecule has 0 aliphatic rings. The summed E-state index contributed by atoms with van der Waals surface area (Å²) in [5.41, 5.74) is 0. The van der Waals surface area contributed by atoms with Crippen molar-refractivity contribution in [1.29, 1.82) is 0 Å². The molecule has 0 aliphatic carbocycles. The van der Waals surface area contributed by atoms with Crippen LogP contribution in [0.5, 0.6) is 0 Å². The standard InChI is InChI=1S/C16H36N.CH2Cl2.BrH/c1-5-9-13-17(14-10-6-2,15-11-7-3)16-12-8-4;2-1-3;/h5-16H2,1-4H3;1H2;1H/q+1;;/p-1. The average molecular weight is 407 g/mol. The summed E-state index contributed by atoms with van der Waals surface area (Å²) < 4.78 is 1.42. The van der Waals surface area contributed by atoms with Crippen molar-refractivity contribution in [3.05, 3.63) is 0 Å². The minimum atomic E-state index is 0. The molecule has 0 saturated carbocycles. The fourth-order valence-corrected chi connectivity index (χ4v) is 2.64. The molecule has 0 N–H and O–H groups in total. The maximum atomic E-state index is 4.76. The molecule has 0 heterocycles. The minimum Gasteiger partial charge on any atom is -1.00 e. The summed E-state index contributed by atoms with van der Waals surface area (Å²) in [6, 6.07) is 0. The van der Waals surface area contributed by atoms with E-state index in [1.807, 2.05) is 0 Å². The molecule has 0 fully saturated rings. The topological polar surface area (TPSA) is 0 Å². The van der Waals surface area contributed by atoms with Gasteiger partial charge in [-0.2, -0.15) is 0 Å². The Morgan fingerprint density at radius 2 is 0.762 bits per heavy atom. The second kappa shape index (κ2) is 21.0. The van der Waals surface area contributed by atoms with Gasteiger partial charge in [0.15, 0.2) is 0 Å². The molecule has 0 amide bonds. The third-order valence-corrected chi connectivity index (χ3v) is 3.94. The van der Waals surface area contributed by atoms with Crippen molar-refractivity contribution in [1.82, 2.24) is 0 Å². The molecular formula is C17H38BrCl2N. The van der Waals surface area contributed by atoms with E-state index in [-0.39, 0.29) is 22.3 Å². The van der Waals surface area contributed by atoms with Crippen molar-refractivity contribution in [3.63, 3.8) is 0 Å². The second-order valence-electron chi connectivity index (χ2n) is 5.75. The molecule has 0 radical (unpaired) electrons. The Bertz CT molecular complexity index is 143. The first-order valence-corrected chi connectivity index (χ1v) is 9.70. The van der Waals surface area contributed by atoms with E-state index < -0.39 is 0 Å². The lowest BCUT2D eigenvalue weighted by Gasteiger charge is -2.39. The van der Waals surface area contributed by atoms with Crippen LogP contribution in [0.1, 0.15) is 79.1 Å². The van der Waals surface area contributed by atoms with Gasteiger partial charge in [0, 0.05) is 0 Å². The lowest BCUT2D eigenvalue weighted by molar-refractivity contribution is -0.929. The molecule has 0 unspecified atom stereocenters. The number of unbranched alkanes of at least 4 members (excludes halogenated alkanes) is 4. The first kappa shape index (κ1) is 26.9. The zero-order valence-electron chi connectivity index (χ0n) is 14.8. The molecular weight excluding hydrogens is 369 g/mol. The van der Waals surface area contributed by atoms with Crippen molar-refractivity contribution in [2.45, 2.75) is 79.1 Å². The number of nitrogens with zero attached hydrogens (tertiary/aromatic N) is 1.